The van der Waals surface area contributed by atoms with E-state index >= 15 is 0 Å². The van der Waals surface area contributed by atoms with E-state index in [9.17, 15) is 40.2 Å². The highest BCUT2D eigenvalue weighted by Gasteiger charge is 2.46. The SMILES string of the molecule is Cc1cc(O)c2c(c1)C[C@@H](O)C1=C2C(=O)c2c(O)ccc(O[C@H]3C[C@@H](O)[C@H](O[C@H]4C[C@@H](O[C@H]5CC[C@H](O)[C@H](C)O5)[C@H](O)[C@@H](C)O4)[C@@H](C)O3)c2C1=O. The summed E-state index contributed by atoms with van der Waals surface area (Å²) in [7, 11) is 0. The number of phenolic OH excluding ortho intramolecular Hbond substituents is 2. The molecule has 0 aromatic heterocycles. The molecule has 3 fully saturated rings. The van der Waals surface area contributed by atoms with Crippen LogP contribution >= 0.6 is 0 Å². The Bertz CT molecular complexity index is 1730. The Kier molecular flexibility index (Phi) is 9.75. The second-order valence-electron chi connectivity index (χ2n) is 14.2. The molecule has 0 unspecified atom stereocenters. The molecule has 3 aliphatic heterocycles. The number of phenols is 2. The Morgan fingerprint density at radius 2 is 1.45 bits per heavy atom. The van der Waals surface area contributed by atoms with Crippen molar-refractivity contribution in [1.29, 1.82) is 0 Å². The zero-order valence-electron chi connectivity index (χ0n) is 28.7. The fourth-order valence-electron chi connectivity index (χ4n) is 7.86. The van der Waals surface area contributed by atoms with Crippen molar-refractivity contribution in [2.24, 2.45) is 0 Å². The van der Waals surface area contributed by atoms with Crippen molar-refractivity contribution in [3.63, 3.8) is 0 Å². The van der Waals surface area contributed by atoms with Crippen molar-refractivity contribution >= 4 is 17.1 Å². The Labute approximate surface area is 294 Å². The van der Waals surface area contributed by atoms with Gasteiger partial charge in [-0.3, -0.25) is 9.59 Å². The molecule has 6 N–H and O–H groups in total. The van der Waals surface area contributed by atoms with Gasteiger partial charge in [0.2, 0.25) is 6.29 Å². The number of aryl methyl sites for hydroxylation is 1. The Morgan fingerprint density at radius 1 is 0.725 bits per heavy atom. The van der Waals surface area contributed by atoms with Crippen molar-refractivity contribution in [2.75, 3.05) is 0 Å². The van der Waals surface area contributed by atoms with Crippen LogP contribution in [0.4, 0.5) is 0 Å². The molecule has 0 radical (unpaired) electrons. The lowest BCUT2D eigenvalue weighted by molar-refractivity contribution is -0.323. The minimum atomic E-state index is -1.35. The molecular formula is C37H44O14. The third-order valence-electron chi connectivity index (χ3n) is 10.5. The van der Waals surface area contributed by atoms with Crippen LogP contribution in [-0.2, 0) is 30.1 Å². The van der Waals surface area contributed by atoms with Gasteiger partial charge in [0.25, 0.3) is 0 Å². The lowest BCUT2D eigenvalue weighted by Gasteiger charge is -2.44. The molecule has 2 aromatic rings. The van der Waals surface area contributed by atoms with E-state index in [1.807, 2.05) is 0 Å². The van der Waals surface area contributed by atoms with E-state index in [2.05, 4.69) is 0 Å². The van der Waals surface area contributed by atoms with Crippen LogP contribution in [0, 0.1) is 6.92 Å². The summed E-state index contributed by atoms with van der Waals surface area (Å²) in [5.41, 5.74) is 0.430. The minimum absolute atomic E-state index is 0.00336. The van der Waals surface area contributed by atoms with Gasteiger partial charge in [-0.2, -0.15) is 0 Å². The van der Waals surface area contributed by atoms with Crippen LogP contribution in [0.1, 0.15) is 83.9 Å². The van der Waals surface area contributed by atoms with Crippen LogP contribution in [0.5, 0.6) is 17.2 Å². The molecule has 14 nitrogen and oxygen atoms in total. The van der Waals surface area contributed by atoms with Crippen molar-refractivity contribution in [1.82, 2.24) is 0 Å². The van der Waals surface area contributed by atoms with Gasteiger partial charge in [-0.05, 0) is 63.4 Å². The van der Waals surface area contributed by atoms with E-state index in [-0.39, 0.29) is 58.6 Å². The number of carbonyl (C=O) groups is 2. The molecule has 2 aromatic carbocycles. The Morgan fingerprint density at radius 3 is 2.18 bits per heavy atom. The standard InChI is InChI=1S/C37H44O14/c1-14-9-18-11-22(41)31-33(29(18)21(40)10-14)36(45)30-20(39)5-7-24(32(30)35(31)44)49-27-12-23(42)37(17(4)48-27)51-28-13-25(34(43)16(3)47-28)50-26-8-6-19(38)15(2)46-26/h5,7,9-10,15-17,19,22-23,25-28,34,37-43H,6,8,11-13H2,1-4H3/t15-,16+,17+,19-,22+,23+,25+,26-,27-,28-,34+,37+/m0/s1. The summed E-state index contributed by atoms with van der Waals surface area (Å²) in [6.45, 7) is 6.87. The quantitative estimate of drug-likeness (QED) is 0.254. The smallest absolute Gasteiger partial charge is 0.202 e. The van der Waals surface area contributed by atoms with Crippen molar-refractivity contribution in [3.8, 4) is 17.2 Å². The van der Waals surface area contributed by atoms with E-state index in [0.717, 1.165) is 0 Å². The number of aliphatic hydroxyl groups excluding tert-OH is 4. The van der Waals surface area contributed by atoms with E-state index in [0.29, 0.717) is 24.0 Å². The molecule has 14 heteroatoms. The lowest BCUT2D eigenvalue weighted by atomic mass is 9.72. The topological polar surface area (TPSA) is 211 Å². The second-order valence-corrected chi connectivity index (χ2v) is 14.2. The van der Waals surface area contributed by atoms with Crippen molar-refractivity contribution in [3.05, 3.63) is 57.7 Å². The van der Waals surface area contributed by atoms with Gasteiger partial charge in [-0.15, -0.1) is 0 Å². The van der Waals surface area contributed by atoms with Crippen LogP contribution in [0.2, 0.25) is 0 Å². The molecule has 5 aliphatic rings. The summed E-state index contributed by atoms with van der Waals surface area (Å²) >= 11 is 0. The third kappa shape index (κ3) is 6.58. The van der Waals surface area contributed by atoms with Crippen molar-refractivity contribution in [2.45, 2.75) is 134 Å². The number of Topliss-reactive ketones (excluding diaryl/α,β-unsaturated/α-hetero) is 2. The van der Waals surface area contributed by atoms with Crippen LogP contribution in [0.15, 0.2) is 29.8 Å². The van der Waals surface area contributed by atoms with E-state index in [4.69, 9.17) is 28.4 Å². The molecule has 276 valence electrons. The molecule has 0 bridgehead atoms. The van der Waals surface area contributed by atoms with Gasteiger partial charge in [0.05, 0.1) is 53.9 Å². The molecule has 51 heavy (non-hydrogen) atoms. The van der Waals surface area contributed by atoms with Crippen LogP contribution < -0.4 is 4.74 Å². The maximum Gasteiger partial charge on any atom is 0.202 e. The highest BCUT2D eigenvalue weighted by molar-refractivity contribution is 6.42. The first-order valence-electron chi connectivity index (χ1n) is 17.4. The van der Waals surface area contributed by atoms with Crippen LogP contribution in [0.3, 0.4) is 0 Å². The van der Waals surface area contributed by atoms with E-state index in [1.54, 1.807) is 33.8 Å². The van der Waals surface area contributed by atoms with Gasteiger partial charge in [-0.1, -0.05) is 6.07 Å². The highest BCUT2D eigenvalue weighted by Crippen LogP contribution is 2.47. The number of benzene rings is 2. The number of carbonyl (C=O) groups excluding carboxylic acids is 2. The number of rotatable bonds is 6. The third-order valence-corrected chi connectivity index (χ3v) is 10.5. The summed E-state index contributed by atoms with van der Waals surface area (Å²) in [5.74, 6) is -2.26. The molecule has 0 saturated carbocycles. The number of fused-ring (bicyclic) bond motifs is 3. The number of hydrogen-bond donors (Lipinski definition) is 6. The molecular weight excluding hydrogens is 668 g/mol. The summed E-state index contributed by atoms with van der Waals surface area (Å²) in [5, 5.41) is 64.7. The first kappa shape index (κ1) is 35.9. The van der Waals surface area contributed by atoms with E-state index < -0.39 is 91.1 Å². The van der Waals surface area contributed by atoms with Crippen molar-refractivity contribution < 1.29 is 68.6 Å². The largest absolute Gasteiger partial charge is 0.507 e. The fourth-order valence-corrected chi connectivity index (χ4v) is 7.86. The average molecular weight is 713 g/mol. The number of aromatic hydroxyl groups is 2. The molecule has 3 heterocycles. The Hall–Kier alpha value is -3.44. The molecule has 0 spiro atoms. The highest BCUT2D eigenvalue weighted by atomic mass is 16.7. The normalized spacial score (nSPS) is 36.7. The average Bonchev–Trinajstić information content (AvgIpc) is 3.05. The number of allylic oxidation sites excluding steroid dienone is 1. The second kappa shape index (κ2) is 13.8. The molecule has 12 atom stereocenters. The van der Waals surface area contributed by atoms with Gasteiger partial charge < -0.3 is 59.1 Å². The molecule has 7 rings (SSSR count). The lowest BCUT2D eigenvalue weighted by Crippen LogP contribution is -2.55. The number of hydrogen-bond acceptors (Lipinski definition) is 14. The molecule has 3 saturated heterocycles. The maximum atomic E-state index is 14.0. The monoisotopic (exact) mass is 712 g/mol. The summed E-state index contributed by atoms with van der Waals surface area (Å²) in [4.78, 5) is 28.0. The maximum absolute atomic E-state index is 14.0. The Balaban J connectivity index is 1.06. The van der Waals surface area contributed by atoms with Gasteiger partial charge in [-0.25, -0.2) is 0 Å². The molecule has 2 aliphatic carbocycles. The van der Waals surface area contributed by atoms with Crippen LogP contribution in [-0.4, -0.2) is 116 Å². The zero-order chi connectivity index (χ0) is 36.5. The first-order chi connectivity index (χ1) is 24.2. The minimum Gasteiger partial charge on any atom is -0.507 e. The summed E-state index contributed by atoms with van der Waals surface area (Å²) in [6, 6.07) is 5.73. The number of ether oxygens (including phenoxy) is 6. The first-order valence-corrected chi connectivity index (χ1v) is 17.4. The van der Waals surface area contributed by atoms with Gasteiger partial charge >= 0.3 is 0 Å². The summed E-state index contributed by atoms with van der Waals surface area (Å²) < 4.78 is 36.1. The van der Waals surface area contributed by atoms with E-state index in [1.165, 1.54) is 18.2 Å². The zero-order valence-corrected chi connectivity index (χ0v) is 28.7. The summed E-state index contributed by atoms with van der Waals surface area (Å²) in [6.07, 6.45) is -9.00. The van der Waals surface area contributed by atoms with Gasteiger partial charge in [0, 0.05) is 42.4 Å². The number of aliphatic hydroxyl groups is 4. The van der Waals surface area contributed by atoms with Crippen LogP contribution in [0.25, 0.3) is 5.57 Å². The predicted molar refractivity (Wildman–Crippen MR) is 176 cm³/mol. The van der Waals surface area contributed by atoms with Gasteiger partial charge in [0.15, 0.2) is 24.1 Å². The van der Waals surface area contributed by atoms with Gasteiger partial charge in [0.1, 0.15) is 29.5 Å². The predicted octanol–water partition coefficient (Wildman–Crippen LogP) is 2.18. The number of ketones is 2. The fraction of sp³-hybridized carbons (Fsp3) is 0.568. The molecule has 0 amide bonds.